The van der Waals surface area contributed by atoms with Gasteiger partial charge in [-0.15, -0.1) is 0 Å². The second-order valence-corrected chi connectivity index (χ2v) is 4.80. The Kier molecular flexibility index (Phi) is 3.40. The molecule has 0 fully saturated rings. The lowest BCUT2D eigenvalue weighted by atomic mass is 9.88. The zero-order chi connectivity index (χ0) is 13.4. The van der Waals surface area contributed by atoms with E-state index in [1.54, 1.807) is 13.8 Å². The van der Waals surface area contributed by atoms with Crippen molar-refractivity contribution in [1.29, 1.82) is 0 Å². The molecule has 1 unspecified atom stereocenters. The Balaban J connectivity index is 3.08. The predicted octanol–water partition coefficient (Wildman–Crippen LogP) is 1.35. The number of amides is 1. The number of carbonyl (C=O) groups is 2. The van der Waals surface area contributed by atoms with E-state index in [9.17, 15) is 9.59 Å². The third kappa shape index (κ3) is 2.23. The van der Waals surface area contributed by atoms with Gasteiger partial charge in [-0.3, -0.25) is 4.79 Å². The number of amidine groups is 1. The highest BCUT2D eigenvalue weighted by atomic mass is 16.4. The molecule has 0 aromatic rings. The van der Waals surface area contributed by atoms with Crippen LogP contribution in [0.5, 0.6) is 0 Å². The van der Waals surface area contributed by atoms with Gasteiger partial charge in [0.25, 0.3) is 5.91 Å². The van der Waals surface area contributed by atoms with Crippen LogP contribution in [0, 0.1) is 5.92 Å². The van der Waals surface area contributed by atoms with Crippen molar-refractivity contribution in [2.24, 2.45) is 10.9 Å². The van der Waals surface area contributed by atoms with E-state index in [2.05, 4.69) is 10.3 Å². The summed E-state index contributed by atoms with van der Waals surface area (Å²) >= 11 is 0. The maximum absolute atomic E-state index is 11.8. The summed E-state index contributed by atoms with van der Waals surface area (Å²) in [5.74, 6) is -0.807. The molecule has 0 radical (unpaired) electrons. The molecule has 1 heterocycles. The van der Waals surface area contributed by atoms with Crippen LogP contribution in [0.2, 0.25) is 0 Å². The van der Waals surface area contributed by atoms with Crippen LogP contribution >= 0.6 is 0 Å². The van der Waals surface area contributed by atoms with Crippen molar-refractivity contribution in [2.45, 2.75) is 40.2 Å². The van der Waals surface area contributed by atoms with E-state index in [1.807, 2.05) is 13.8 Å². The molecule has 1 aliphatic rings. The van der Waals surface area contributed by atoms with Crippen molar-refractivity contribution in [1.82, 2.24) is 5.32 Å². The molecule has 1 amide bonds. The molecule has 1 atom stereocenters. The fourth-order valence-electron chi connectivity index (χ4n) is 1.45. The Hall–Kier alpha value is -1.65. The second kappa shape index (κ2) is 4.31. The molecule has 17 heavy (non-hydrogen) atoms. The zero-order valence-corrected chi connectivity index (χ0v) is 10.8. The Labute approximate surface area is 101 Å². The van der Waals surface area contributed by atoms with Crippen molar-refractivity contribution < 1.29 is 14.7 Å². The quantitative estimate of drug-likeness (QED) is 0.727. The van der Waals surface area contributed by atoms with Gasteiger partial charge in [0.05, 0.1) is 0 Å². The topological polar surface area (TPSA) is 78.8 Å². The highest BCUT2D eigenvalue weighted by Crippen LogP contribution is 2.24. The van der Waals surface area contributed by atoms with Crippen LogP contribution in [-0.2, 0) is 9.59 Å². The minimum atomic E-state index is -1.00. The van der Waals surface area contributed by atoms with E-state index in [1.165, 1.54) is 6.92 Å². The number of carbonyl (C=O) groups excluding carboxylic acids is 1. The second-order valence-electron chi connectivity index (χ2n) is 4.80. The number of hydrogen-bond acceptors (Lipinski definition) is 3. The number of carboxylic acid groups (broad SMARTS) is 1. The molecule has 0 aromatic heterocycles. The minimum absolute atomic E-state index is 0.0779. The molecule has 1 aliphatic heterocycles. The van der Waals surface area contributed by atoms with Gasteiger partial charge in [-0.05, 0) is 26.7 Å². The third-order valence-electron chi connectivity index (χ3n) is 3.43. The highest BCUT2D eigenvalue weighted by Gasteiger charge is 2.42. The molecule has 0 bridgehead atoms. The monoisotopic (exact) mass is 238 g/mol. The fraction of sp³-hybridized carbons (Fsp3) is 0.583. The number of aliphatic carboxylic acids is 1. The lowest BCUT2D eigenvalue weighted by Crippen LogP contribution is -2.50. The maximum Gasteiger partial charge on any atom is 0.331 e. The van der Waals surface area contributed by atoms with Crippen molar-refractivity contribution >= 4 is 17.7 Å². The normalized spacial score (nSPS) is 25.5. The molecule has 0 spiro atoms. The molecule has 0 aromatic carbocycles. The number of hydrogen-bond donors (Lipinski definition) is 2. The average molecular weight is 238 g/mol. The fourth-order valence-corrected chi connectivity index (χ4v) is 1.45. The van der Waals surface area contributed by atoms with Gasteiger partial charge in [-0.2, -0.15) is 4.99 Å². The van der Waals surface area contributed by atoms with Crippen molar-refractivity contribution in [3.63, 3.8) is 0 Å². The number of aliphatic imine (C=N–C) groups is 1. The van der Waals surface area contributed by atoms with E-state index >= 15 is 0 Å². The van der Waals surface area contributed by atoms with E-state index in [4.69, 9.17) is 5.11 Å². The number of rotatable bonds is 3. The SMILES string of the molecule is C/C(C(=O)O)=C(\C)C1=NC(=O)C(C)(C(C)C)N1. The molecule has 5 nitrogen and oxygen atoms in total. The lowest BCUT2D eigenvalue weighted by molar-refractivity contribution is -0.132. The summed E-state index contributed by atoms with van der Waals surface area (Å²) in [6.07, 6.45) is 0. The lowest BCUT2D eigenvalue weighted by Gasteiger charge is -2.27. The van der Waals surface area contributed by atoms with Crippen LogP contribution in [-0.4, -0.2) is 28.4 Å². The third-order valence-corrected chi connectivity index (χ3v) is 3.43. The smallest absolute Gasteiger partial charge is 0.331 e. The number of carboxylic acids is 1. The van der Waals surface area contributed by atoms with Gasteiger partial charge in [-0.1, -0.05) is 13.8 Å². The molecule has 2 N–H and O–H groups in total. The van der Waals surface area contributed by atoms with Gasteiger partial charge >= 0.3 is 5.97 Å². The molecule has 0 saturated heterocycles. The summed E-state index contributed by atoms with van der Waals surface area (Å²) in [7, 11) is 0. The maximum atomic E-state index is 11.8. The summed E-state index contributed by atoms with van der Waals surface area (Å²) in [5, 5.41) is 11.9. The van der Waals surface area contributed by atoms with Gasteiger partial charge in [0, 0.05) is 11.1 Å². The predicted molar refractivity (Wildman–Crippen MR) is 64.8 cm³/mol. The van der Waals surface area contributed by atoms with Crippen LogP contribution in [0.4, 0.5) is 0 Å². The average Bonchev–Trinajstić information content (AvgIpc) is 2.54. The largest absolute Gasteiger partial charge is 0.478 e. The van der Waals surface area contributed by atoms with E-state index in [0.29, 0.717) is 11.4 Å². The number of nitrogens with one attached hydrogen (secondary N) is 1. The van der Waals surface area contributed by atoms with Crippen LogP contribution < -0.4 is 5.32 Å². The van der Waals surface area contributed by atoms with Crippen molar-refractivity contribution in [3.05, 3.63) is 11.1 Å². The van der Waals surface area contributed by atoms with Gasteiger partial charge in [0.1, 0.15) is 11.4 Å². The van der Waals surface area contributed by atoms with Crippen LogP contribution in [0.25, 0.3) is 0 Å². The number of nitrogens with zero attached hydrogens (tertiary/aromatic N) is 1. The summed E-state index contributed by atoms with van der Waals surface area (Å²) in [4.78, 5) is 26.6. The molecule has 1 rings (SSSR count). The Bertz CT molecular complexity index is 435. The minimum Gasteiger partial charge on any atom is -0.478 e. The summed E-state index contributed by atoms with van der Waals surface area (Å²) in [5.41, 5.74) is -0.0534. The summed E-state index contributed by atoms with van der Waals surface area (Å²) in [6, 6.07) is 0. The molecular weight excluding hydrogens is 220 g/mol. The summed E-state index contributed by atoms with van der Waals surface area (Å²) in [6.45, 7) is 8.77. The van der Waals surface area contributed by atoms with Crippen molar-refractivity contribution in [3.8, 4) is 0 Å². The molecule has 0 aliphatic carbocycles. The molecule has 0 saturated carbocycles. The van der Waals surface area contributed by atoms with Gasteiger partial charge in [-0.25, -0.2) is 4.79 Å². The molecule has 5 heteroatoms. The molecular formula is C12H18N2O3. The Morgan fingerprint density at radius 2 is 1.94 bits per heavy atom. The summed E-state index contributed by atoms with van der Waals surface area (Å²) < 4.78 is 0. The molecule has 94 valence electrons. The van der Waals surface area contributed by atoms with E-state index in [-0.39, 0.29) is 17.4 Å². The zero-order valence-electron chi connectivity index (χ0n) is 10.8. The van der Waals surface area contributed by atoms with Crippen LogP contribution in [0.3, 0.4) is 0 Å². The van der Waals surface area contributed by atoms with Gasteiger partial charge in [0.2, 0.25) is 0 Å². The highest BCUT2D eigenvalue weighted by molar-refractivity contribution is 6.15. The Morgan fingerprint density at radius 1 is 1.41 bits per heavy atom. The Morgan fingerprint density at radius 3 is 2.29 bits per heavy atom. The van der Waals surface area contributed by atoms with E-state index in [0.717, 1.165) is 0 Å². The standard InChI is InChI=1S/C12H18N2O3/c1-6(2)12(5)11(17)13-9(14-12)7(3)8(4)10(15)16/h6H,1-5H3,(H,15,16)(H,13,14,17)/b8-7-. The van der Waals surface area contributed by atoms with Gasteiger partial charge in [0.15, 0.2) is 0 Å². The van der Waals surface area contributed by atoms with E-state index < -0.39 is 11.5 Å². The van der Waals surface area contributed by atoms with Crippen LogP contribution in [0.15, 0.2) is 16.1 Å². The first kappa shape index (κ1) is 13.4. The van der Waals surface area contributed by atoms with Gasteiger partial charge < -0.3 is 10.4 Å². The first-order valence-electron chi connectivity index (χ1n) is 5.52. The first-order chi connectivity index (χ1) is 7.70. The van der Waals surface area contributed by atoms with Crippen LogP contribution in [0.1, 0.15) is 34.6 Å². The first-order valence-corrected chi connectivity index (χ1v) is 5.52. The van der Waals surface area contributed by atoms with Crippen molar-refractivity contribution in [2.75, 3.05) is 0 Å².